The van der Waals surface area contributed by atoms with Crippen molar-refractivity contribution < 1.29 is 9.47 Å². The second kappa shape index (κ2) is 9.40. The Kier molecular flexibility index (Phi) is 6.94. The number of para-hydroxylation sites is 2. The van der Waals surface area contributed by atoms with Crippen molar-refractivity contribution in [3.05, 3.63) is 58.6 Å². The molecule has 1 atom stereocenters. The molecule has 0 aromatic heterocycles. The number of hydrogen-bond acceptors (Lipinski definition) is 3. The largest absolute Gasteiger partial charge is 0.496 e. The number of nitrogens with one attached hydrogen (secondary N) is 1. The van der Waals surface area contributed by atoms with E-state index in [9.17, 15) is 0 Å². The second-order valence-electron chi connectivity index (χ2n) is 6.69. The van der Waals surface area contributed by atoms with Crippen LogP contribution in [-0.4, -0.2) is 36.4 Å². The van der Waals surface area contributed by atoms with E-state index in [0.717, 1.165) is 48.6 Å². The van der Waals surface area contributed by atoms with Crippen LogP contribution in [0.5, 0.6) is 5.75 Å². The van der Waals surface area contributed by atoms with Gasteiger partial charge in [-0.3, -0.25) is 0 Å². The zero-order chi connectivity index (χ0) is 19.2. The minimum Gasteiger partial charge on any atom is -0.496 e. The van der Waals surface area contributed by atoms with E-state index in [-0.39, 0.29) is 6.10 Å². The van der Waals surface area contributed by atoms with Crippen LogP contribution < -0.4 is 10.1 Å². The molecule has 1 heterocycles. The Hall–Kier alpha value is -1.82. The van der Waals surface area contributed by atoms with E-state index in [2.05, 4.69) is 16.3 Å². The Morgan fingerprint density at radius 1 is 1.30 bits per heavy atom. The van der Waals surface area contributed by atoms with Crippen LogP contribution in [0.15, 0.2) is 42.5 Å². The maximum Gasteiger partial charge on any atom is 0.173 e. The van der Waals surface area contributed by atoms with Gasteiger partial charge < -0.3 is 19.7 Å². The quantitative estimate of drug-likeness (QED) is 0.682. The van der Waals surface area contributed by atoms with E-state index in [1.54, 1.807) is 7.11 Å². The van der Waals surface area contributed by atoms with Gasteiger partial charge in [-0.2, -0.15) is 0 Å². The fourth-order valence-electron chi connectivity index (χ4n) is 3.27. The van der Waals surface area contributed by atoms with E-state index in [0.29, 0.717) is 16.7 Å². The third-order valence-electron chi connectivity index (χ3n) is 4.74. The van der Waals surface area contributed by atoms with Crippen LogP contribution in [0.1, 0.15) is 24.0 Å². The number of halogens is 1. The van der Waals surface area contributed by atoms with Gasteiger partial charge in [0, 0.05) is 25.3 Å². The Bertz CT molecular complexity index is 773. The molecule has 1 saturated heterocycles. The lowest BCUT2D eigenvalue weighted by Gasteiger charge is -2.29. The highest BCUT2D eigenvalue weighted by Gasteiger charge is 2.22. The van der Waals surface area contributed by atoms with Crippen LogP contribution in [0, 0.1) is 6.92 Å². The summed E-state index contributed by atoms with van der Waals surface area (Å²) in [5.74, 6) is 0.853. The van der Waals surface area contributed by atoms with E-state index < -0.39 is 0 Å². The molecule has 0 radical (unpaired) electrons. The van der Waals surface area contributed by atoms with Gasteiger partial charge in [-0.25, -0.2) is 0 Å². The molecule has 0 amide bonds. The molecule has 1 N–H and O–H groups in total. The second-order valence-corrected chi connectivity index (χ2v) is 7.48. The Labute approximate surface area is 171 Å². The summed E-state index contributed by atoms with van der Waals surface area (Å²) in [6.45, 7) is 4.20. The highest BCUT2D eigenvalue weighted by molar-refractivity contribution is 7.80. The number of rotatable bonds is 6. The summed E-state index contributed by atoms with van der Waals surface area (Å²) in [5.41, 5.74) is 2.98. The number of nitrogens with zero attached hydrogens (tertiary/aromatic N) is 1. The average molecular weight is 405 g/mol. The molecule has 0 saturated carbocycles. The summed E-state index contributed by atoms with van der Waals surface area (Å²) in [6.07, 6.45) is 2.33. The van der Waals surface area contributed by atoms with Gasteiger partial charge in [0.1, 0.15) is 5.75 Å². The number of benzene rings is 2. The molecule has 4 nitrogen and oxygen atoms in total. The minimum absolute atomic E-state index is 0.187. The van der Waals surface area contributed by atoms with E-state index in [4.69, 9.17) is 33.3 Å². The zero-order valence-corrected chi connectivity index (χ0v) is 17.3. The highest BCUT2D eigenvalue weighted by Crippen LogP contribution is 2.27. The summed E-state index contributed by atoms with van der Waals surface area (Å²) in [5, 5.41) is 4.63. The topological polar surface area (TPSA) is 33.7 Å². The smallest absolute Gasteiger partial charge is 0.173 e. The molecule has 1 aliphatic rings. The van der Waals surface area contributed by atoms with Crippen molar-refractivity contribution in [1.29, 1.82) is 0 Å². The maximum atomic E-state index is 6.37. The van der Waals surface area contributed by atoms with Gasteiger partial charge >= 0.3 is 0 Å². The monoisotopic (exact) mass is 404 g/mol. The lowest BCUT2D eigenvalue weighted by atomic mass is 10.1. The van der Waals surface area contributed by atoms with Crippen LogP contribution in [-0.2, 0) is 11.3 Å². The molecular formula is C21H25ClN2O2S. The van der Waals surface area contributed by atoms with Gasteiger partial charge in [-0.1, -0.05) is 41.9 Å². The molecule has 6 heteroatoms. The first-order valence-corrected chi connectivity index (χ1v) is 9.91. The van der Waals surface area contributed by atoms with Crippen molar-refractivity contribution in [2.24, 2.45) is 0 Å². The molecule has 144 valence electrons. The van der Waals surface area contributed by atoms with Crippen molar-refractivity contribution in [2.45, 2.75) is 32.4 Å². The van der Waals surface area contributed by atoms with Crippen molar-refractivity contribution >= 4 is 34.6 Å². The number of methoxy groups -OCH3 is 1. The predicted octanol–water partition coefficient (Wildman–Crippen LogP) is 5.04. The van der Waals surface area contributed by atoms with Gasteiger partial charge in [0.05, 0.1) is 23.9 Å². The molecule has 0 spiro atoms. The van der Waals surface area contributed by atoms with Gasteiger partial charge in [0.15, 0.2) is 5.11 Å². The summed E-state index contributed by atoms with van der Waals surface area (Å²) in [4.78, 5) is 2.13. The molecule has 0 bridgehead atoms. The SMILES string of the molecule is COc1ccccc1CN(C[C@@H]1CCCO1)C(=S)Nc1c(C)cccc1Cl. The van der Waals surface area contributed by atoms with Crippen LogP contribution in [0.25, 0.3) is 0 Å². The minimum atomic E-state index is 0.187. The van der Waals surface area contributed by atoms with Crippen molar-refractivity contribution in [3.63, 3.8) is 0 Å². The molecule has 3 rings (SSSR count). The third kappa shape index (κ3) is 5.12. The first-order chi connectivity index (χ1) is 13.1. The lowest BCUT2D eigenvalue weighted by Crippen LogP contribution is -2.39. The fraction of sp³-hybridized carbons (Fsp3) is 0.381. The van der Waals surface area contributed by atoms with Crippen LogP contribution >= 0.6 is 23.8 Å². The Balaban J connectivity index is 1.81. The first kappa shape index (κ1) is 19.9. The van der Waals surface area contributed by atoms with Crippen molar-refractivity contribution in [2.75, 3.05) is 25.6 Å². The van der Waals surface area contributed by atoms with Gasteiger partial charge in [0.2, 0.25) is 0 Å². The molecule has 1 fully saturated rings. The van der Waals surface area contributed by atoms with Crippen LogP contribution in [0.3, 0.4) is 0 Å². The highest BCUT2D eigenvalue weighted by atomic mass is 35.5. The average Bonchev–Trinajstić information content (AvgIpc) is 3.17. The lowest BCUT2D eigenvalue weighted by molar-refractivity contribution is 0.0903. The summed E-state index contributed by atoms with van der Waals surface area (Å²) < 4.78 is 11.3. The van der Waals surface area contributed by atoms with Gasteiger partial charge in [-0.05, 0) is 49.7 Å². The normalized spacial score (nSPS) is 16.2. The maximum absolute atomic E-state index is 6.37. The Morgan fingerprint density at radius 2 is 2.11 bits per heavy atom. The van der Waals surface area contributed by atoms with E-state index in [1.807, 2.05) is 43.3 Å². The molecular weight excluding hydrogens is 380 g/mol. The van der Waals surface area contributed by atoms with Gasteiger partial charge in [0.25, 0.3) is 0 Å². The molecule has 1 aliphatic heterocycles. The number of anilines is 1. The molecule has 27 heavy (non-hydrogen) atoms. The molecule has 0 unspecified atom stereocenters. The number of thiocarbonyl (C=S) groups is 1. The molecule has 2 aromatic carbocycles. The van der Waals surface area contributed by atoms with Crippen molar-refractivity contribution in [1.82, 2.24) is 4.90 Å². The van der Waals surface area contributed by atoms with E-state index in [1.165, 1.54) is 0 Å². The van der Waals surface area contributed by atoms with Gasteiger partial charge in [-0.15, -0.1) is 0 Å². The number of aryl methyl sites for hydroxylation is 1. The number of hydrogen-bond donors (Lipinski definition) is 1. The molecule has 2 aromatic rings. The zero-order valence-electron chi connectivity index (χ0n) is 15.7. The Morgan fingerprint density at radius 3 is 2.81 bits per heavy atom. The third-order valence-corrected chi connectivity index (χ3v) is 5.42. The first-order valence-electron chi connectivity index (χ1n) is 9.13. The van der Waals surface area contributed by atoms with E-state index >= 15 is 0 Å². The summed E-state index contributed by atoms with van der Waals surface area (Å²) >= 11 is 12.1. The predicted molar refractivity (Wildman–Crippen MR) is 115 cm³/mol. The van der Waals surface area contributed by atoms with Crippen LogP contribution in [0.2, 0.25) is 5.02 Å². The fourth-order valence-corrected chi connectivity index (χ4v) is 3.78. The standard InChI is InChI=1S/C21H25ClN2O2S/c1-15-7-5-10-18(22)20(15)23-21(27)24(14-17-9-6-12-26-17)13-16-8-3-4-11-19(16)25-2/h3-5,7-8,10-11,17H,6,9,12-14H2,1-2H3,(H,23,27)/t17-/m0/s1. The van der Waals surface area contributed by atoms with Crippen LogP contribution in [0.4, 0.5) is 5.69 Å². The number of ether oxygens (including phenoxy) is 2. The molecule has 0 aliphatic carbocycles. The van der Waals surface area contributed by atoms with Crippen molar-refractivity contribution in [3.8, 4) is 5.75 Å². The summed E-state index contributed by atoms with van der Waals surface area (Å²) in [6, 6.07) is 13.8. The summed E-state index contributed by atoms with van der Waals surface area (Å²) in [7, 11) is 1.69.